The third-order valence-corrected chi connectivity index (χ3v) is 4.00. The Hall–Kier alpha value is -0.610. The number of amides is 1. The maximum Gasteiger partial charge on any atom is 0.234 e. The molecule has 0 atom stereocenters. The van der Waals surface area contributed by atoms with Crippen molar-refractivity contribution < 1.29 is 4.79 Å². The number of nitrogens with one attached hydrogen (secondary N) is 1. The third-order valence-electron chi connectivity index (χ3n) is 4.00. The molecule has 0 aromatic rings. The van der Waals surface area contributed by atoms with Crippen LogP contribution in [0.4, 0.5) is 0 Å². The van der Waals surface area contributed by atoms with Crippen LogP contribution in [0.1, 0.15) is 33.6 Å². The first-order chi connectivity index (χ1) is 7.97. The Kier molecular flexibility index (Phi) is 3.73. The van der Waals surface area contributed by atoms with Gasteiger partial charge in [-0.25, -0.2) is 0 Å². The van der Waals surface area contributed by atoms with Crippen LogP contribution in [-0.2, 0) is 4.79 Å². The van der Waals surface area contributed by atoms with Gasteiger partial charge in [0.15, 0.2) is 0 Å². The Morgan fingerprint density at radius 3 is 2.35 bits per heavy atom. The summed E-state index contributed by atoms with van der Waals surface area (Å²) in [5.74, 6) is 0.189. The summed E-state index contributed by atoms with van der Waals surface area (Å²) < 4.78 is 0. The van der Waals surface area contributed by atoms with Gasteiger partial charge in [0.25, 0.3) is 0 Å². The van der Waals surface area contributed by atoms with Gasteiger partial charge in [-0.1, -0.05) is 0 Å². The Morgan fingerprint density at radius 2 is 1.82 bits per heavy atom. The van der Waals surface area contributed by atoms with Gasteiger partial charge in [0.1, 0.15) is 0 Å². The summed E-state index contributed by atoms with van der Waals surface area (Å²) >= 11 is 0. The summed E-state index contributed by atoms with van der Waals surface area (Å²) in [7, 11) is 0. The number of carbonyl (C=O) groups excluding carboxylic acids is 1. The minimum absolute atomic E-state index is 0.189. The van der Waals surface area contributed by atoms with E-state index in [4.69, 9.17) is 0 Å². The Morgan fingerprint density at radius 1 is 1.18 bits per heavy atom. The Balaban J connectivity index is 1.84. The lowest BCUT2D eigenvalue weighted by Crippen LogP contribution is -2.56. The van der Waals surface area contributed by atoms with Gasteiger partial charge in [-0.15, -0.1) is 0 Å². The van der Waals surface area contributed by atoms with Crippen molar-refractivity contribution in [1.29, 1.82) is 0 Å². The van der Waals surface area contributed by atoms with Crippen molar-refractivity contribution in [3.05, 3.63) is 0 Å². The minimum Gasteiger partial charge on any atom is -0.354 e. The summed E-state index contributed by atoms with van der Waals surface area (Å²) in [5, 5.41) is 2.89. The molecule has 2 aliphatic heterocycles. The summed E-state index contributed by atoms with van der Waals surface area (Å²) in [4.78, 5) is 16.3. The molecule has 0 aromatic heterocycles. The molecule has 4 heteroatoms. The van der Waals surface area contributed by atoms with E-state index in [9.17, 15) is 4.79 Å². The molecule has 98 valence electrons. The lowest BCUT2D eigenvalue weighted by atomic mass is 9.97. The van der Waals surface area contributed by atoms with Gasteiger partial charge in [-0.2, -0.15) is 0 Å². The topological polar surface area (TPSA) is 35.6 Å². The molecule has 2 rings (SSSR count). The van der Waals surface area contributed by atoms with Gasteiger partial charge in [0, 0.05) is 37.8 Å². The van der Waals surface area contributed by atoms with Crippen LogP contribution in [-0.4, -0.2) is 60.0 Å². The molecule has 2 saturated heterocycles. The number of piperazine rings is 1. The highest BCUT2D eigenvalue weighted by molar-refractivity contribution is 5.78. The van der Waals surface area contributed by atoms with Gasteiger partial charge in [-0.3, -0.25) is 14.6 Å². The van der Waals surface area contributed by atoms with Crippen molar-refractivity contribution in [3.8, 4) is 0 Å². The molecule has 0 bridgehead atoms. The Bertz CT molecular complexity index is 277. The number of piperidine rings is 1. The monoisotopic (exact) mass is 239 g/mol. The molecule has 0 unspecified atom stereocenters. The second-order valence-corrected chi connectivity index (χ2v) is 6.21. The zero-order valence-corrected chi connectivity index (χ0v) is 11.3. The van der Waals surface area contributed by atoms with Crippen LogP contribution in [0.5, 0.6) is 0 Å². The average Bonchev–Trinajstić information content (AvgIpc) is 2.28. The number of nitrogens with zero attached hydrogens (tertiary/aromatic N) is 2. The third kappa shape index (κ3) is 3.19. The fraction of sp³-hybridized carbons (Fsp3) is 0.923. The highest BCUT2D eigenvalue weighted by Crippen LogP contribution is 2.23. The van der Waals surface area contributed by atoms with Crippen molar-refractivity contribution >= 4 is 5.91 Å². The summed E-state index contributed by atoms with van der Waals surface area (Å²) in [6, 6.07) is 0.611. The van der Waals surface area contributed by atoms with Crippen molar-refractivity contribution in [3.63, 3.8) is 0 Å². The second-order valence-electron chi connectivity index (χ2n) is 6.21. The molecule has 2 fully saturated rings. The van der Waals surface area contributed by atoms with Gasteiger partial charge in [-0.05, 0) is 33.6 Å². The van der Waals surface area contributed by atoms with E-state index in [-0.39, 0.29) is 11.4 Å². The average molecular weight is 239 g/mol. The predicted molar refractivity (Wildman–Crippen MR) is 68.9 cm³/mol. The number of rotatable bonds is 1. The molecule has 0 spiro atoms. The molecule has 2 aliphatic rings. The minimum atomic E-state index is 0.189. The summed E-state index contributed by atoms with van der Waals surface area (Å²) in [5.41, 5.74) is 0.282. The smallest absolute Gasteiger partial charge is 0.234 e. The van der Waals surface area contributed by atoms with Crippen molar-refractivity contribution in [2.24, 2.45) is 0 Å². The predicted octanol–water partition coefficient (Wildman–Crippen LogP) is 0.681. The maximum atomic E-state index is 11.4. The zero-order chi connectivity index (χ0) is 12.5. The molecule has 0 aliphatic carbocycles. The van der Waals surface area contributed by atoms with E-state index in [0.717, 1.165) is 26.2 Å². The summed E-state index contributed by atoms with van der Waals surface area (Å²) in [6.07, 6.45) is 2.40. The molecule has 0 saturated carbocycles. The number of likely N-dealkylation sites (tertiary alicyclic amines) is 1. The van der Waals surface area contributed by atoms with Gasteiger partial charge in [0.05, 0.1) is 6.54 Å². The van der Waals surface area contributed by atoms with Crippen LogP contribution >= 0.6 is 0 Å². The normalized spacial score (nSPS) is 25.9. The van der Waals surface area contributed by atoms with E-state index in [1.54, 1.807) is 0 Å². The van der Waals surface area contributed by atoms with E-state index in [2.05, 4.69) is 35.9 Å². The largest absolute Gasteiger partial charge is 0.354 e. The van der Waals surface area contributed by atoms with Crippen LogP contribution in [0.15, 0.2) is 0 Å². The van der Waals surface area contributed by atoms with Crippen LogP contribution in [0.3, 0.4) is 0 Å². The van der Waals surface area contributed by atoms with Gasteiger partial charge < -0.3 is 5.32 Å². The summed E-state index contributed by atoms with van der Waals surface area (Å²) in [6.45, 7) is 11.6. The molecule has 17 heavy (non-hydrogen) atoms. The molecule has 0 aromatic carbocycles. The van der Waals surface area contributed by atoms with Crippen LogP contribution in [0, 0.1) is 0 Å². The molecular formula is C13H25N3O. The number of carbonyl (C=O) groups is 1. The fourth-order valence-corrected chi connectivity index (χ4v) is 2.87. The van der Waals surface area contributed by atoms with E-state index >= 15 is 0 Å². The molecular weight excluding hydrogens is 214 g/mol. The fourth-order valence-electron chi connectivity index (χ4n) is 2.87. The molecule has 1 amide bonds. The van der Waals surface area contributed by atoms with Crippen molar-refractivity contribution in [2.75, 3.05) is 32.7 Å². The first-order valence-corrected chi connectivity index (χ1v) is 6.72. The van der Waals surface area contributed by atoms with E-state index in [1.807, 2.05) is 0 Å². The van der Waals surface area contributed by atoms with Gasteiger partial charge >= 0.3 is 0 Å². The molecule has 4 nitrogen and oxygen atoms in total. The first-order valence-electron chi connectivity index (χ1n) is 6.72. The highest BCUT2D eigenvalue weighted by atomic mass is 16.2. The van der Waals surface area contributed by atoms with Crippen LogP contribution in [0.25, 0.3) is 0 Å². The lowest BCUT2D eigenvalue weighted by molar-refractivity contribution is -0.125. The molecule has 2 heterocycles. The number of hydrogen-bond donors (Lipinski definition) is 1. The lowest BCUT2D eigenvalue weighted by Gasteiger charge is -2.44. The first kappa shape index (κ1) is 12.8. The van der Waals surface area contributed by atoms with Gasteiger partial charge in [0.2, 0.25) is 5.91 Å². The van der Waals surface area contributed by atoms with Crippen molar-refractivity contribution in [1.82, 2.24) is 15.1 Å². The zero-order valence-electron chi connectivity index (χ0n) is 11.3. The molecule has 0 radical (unpaired) electrons. The SMILES string of the molecule is CC(C)(C)N1CCC(N2CCNC(=O)C2)CC1. The van der Waals surface area contributed by atoms with E-state index in [0.29, 0.717) is 12.6 Å². The van der Waals surface area contributed by atoms with Crippen LogP contribution in [0.2, 0.25) is 0 Å². The Labute approximate surface area is 104 Å². The van der Waals surface area contributed by atoms with Crippen molar-refractivity contribution in [2.45, 2.75) is 45.2 Å². The van der Waals surface area contributed by atoms with Crippen LogP contribution < -0.4 is 5.32 Å². The molecule has 1 N–H and O–H groups in total. The van der Waals surface area contributed by atoms with E-state index < -0.39 is 0 Å². The number of hydrogen-bond acceptors (Lipinski definition) is 3. The standard InChI is InChI=1S/C13H25N3O/c1-13(2,3)16-7-4-11(5-8-16)15-9-6-14-12(17)10-15/h11H,4-10H2,1-3H3,(H,14,17). The second kappa shape index (κ2) is 4.94. The maximum absolute atomic E-state index is 11.4. The highest BCUT2D eigenvalue weighted by Gasteiger charge is 2.31. The van der Waals surface area contributed by atoms with E-state index in [1.165, 1.54) is 12.8 Å². The quantitative estimate of drug-likeness (QED) is 0.731.